The van der Waals surface area contributed by atoms with E-state index >= 15 is 0 Å². The summed E-state index contributed by atoms with van der Waals surface area (Å²) < 4.78 is 5.09. The lowest BCUT2D eigenvalue weighted by atomic mass is 9.97. The van der Waals surface area contributed by atoms with Crippen LogP contribution in [0.2, 0.25) is 0 Å². The van der Waals surface area contributed by atoms with E-state index in [4.69, 9.17) is 4.74 Å². The Morgan fingerprint density at radius 3 is 2.67 bits per heavy atom. The molecule has 9 nitrogen and oxygen atoms in total. The second kappa shape index (κ2) is 10.3. The molecule has 0 aromatic heterocycles. The number of benzene rings is 1. The van der Waals surface area contributed by atoms with Gasteiger partial charge in [-0.05, 0) is 25.8 Å². The van der Waals surface area contributed by atoms with Gasteiger partial charge in [-0.15, -0.1) is 0 Å². The van der Waals surface area contributed by atoms with Gasteiger partial charge in [-0.25, -0.2) is 0 Å². The molecule has 1 aromatic rings. The summed E-state index contributed by atoms with van der Waals surface area (Å²) in [5.74, 6) is 0.607. The Morgan fingerprint density at radius 1 is 1.33 bits per heavy atom. The number of guanidine groups is 1. The second-order valence-corrected chi connectivity index (χ2v) is 6.19. The lowest BCUT2D eigenvalue weighted by Crippen LogP contribution is -2.47. The highest BCUT2D eigenvalue weighted by Crippen LogP contribution is 2.22. The Hall–Kier alpha value is -2.84. The van der Waals surface area contributed by atoms with Crippen LogP contribution >= 0.6 is 0 Å². The van der Waals surface area contributed by atoms with Crippen molar-refractivity contribution in [3.8, 4) is 0 Å². The molecule has 1 fully saturated rings. The summed E-state index contributed by atoms with van der Waals surface area (Å²) in [6.07, 6.45) is 1.49. The number of hydrogen-bond donors (Lipinski definition) is 2. The normalized spacial score (nSPS) is 15.3. The van der Waals surface area contributed by atoms with Gasteiger partial charge in [-0.3, -0.25) is 19.9 Å². The number of aliphatic imine (C=N–C) groups is 1. The Kier molecular flexibility index (Phi) is 7.84. The zero-order valence-electron chi connectivity index (χ0n) is 15.8. The highest BCUT2D eigenvalue weighted by Gasteiger charge is 2.27. The topological polar surface area (TPSA) is 109 Å². The minimum Gasteiger partial charge on any atom is -0.466 e. The molecule has 1 aliphatic heterocycles. The average Bonchev–Trinajstić information content (AvgIpc) is 2.68. The molecule has 9 heteroatoms. The molecule has 1 heterocycles. The van der Waals surface area contributed by atoms with Crippen molar-refractivity contribution >= 4 is 23.3 Å². The van der Waals surface area contributed by atoms with Crippen molar-refractivity contribution in [3.05, 3.63) is 34.4 Å². The number of anilines is 1. The Bertz CT molecular complexity index is 671. The van der Waals surface area contributed by atoms with E-state index in [1.807, 2.05) is 6.92 Å². The average molecular weight is 377 g/mol. The minimum atomic E-state index is -0.400. The quantitative estimate of drug-likeness (QED) is 0.186. The first-order chi connectivity index (χ1) is 13.1. The fourth-order valence-corrected chi connectivity index (χ4v) is 3.07. The number of carbonyl (C=O) groups excluding carboxylic acids is 1. The van der Waals surface area contributed by atoms with Crippen molar-refractivity contribution in [3.63, 3.8) is 0 Å². The van der Waals surface area contributed by atoms with Crippen LogP contribution in [-0.4, -0.2) is 61.6 Å². The maximum Gasteiger partial charge on any atom is 0.309 e. The summed E-state index contributed by atoms with van der Waals surface area (Å²) in [4.78, 5) is 28.8. The number of hydrogen-bond acceptors (Lipinski definition) is 6. The lowest BCUT2D eigenvalue weighted by molar-refractivity contribution is -0.384. The molecule has 0 atom stereocenters. The van der Waals surface area contributed by atoms with Crippen molar-refractivity contribution in [1.29, 1.82) is 0 Å². The molecule has 148 valence electrons. The van der Waals surface area contributed by atoms with Crippen molar-refractivity contribution in [1.82, 2.24) is 10.2 Å². The van der Waals surface area contributed by atoms with Gasteiger partial charge in [-0.2, -0.15) is 0 Å². The van der Waals surface area contributed by atoms with Crippen LogP contribution in [0.4, 0.5) is 11.4 Å². The predicted octanol–water partition coefficient (Wildman–Crippen LogP) is 1.86. The molecule has 1 aliphatic rings. The van der Waals surface area contributed by atoms with E-state index in [9.17, 15) is 14.9 Å². The van der Waals surface area contributed by atoms with Gasteiger partial charge >= 0.3 is 5.97 Å². The van der Waals surface area contributed by atoms with Crippen molar-refractivity contribution in [2.24, 2.45) is 10.9 Å². The summed E-state index contributed by atoms with van der Waals surface area (Å²) in [7, 11) is 1.72. The molecule has 0 unspecified atom stereocenters. The lowest BCUT2D eigenvalue weighted by Gasteiger charge is -2.33. The van der Waals surface area contributed by atoms with Crippen molar-refractivity contribution in [2.75, 3.05) is 45.2 Å². The van der Waals surface area contributed by atoms with Gasteiger partial charge in [0.05, 0.1) is 17.4 Å². The number of nitro groups is 1. The fourth-order valence-electron chi connectivity index (χ4n) is 3.07. The van der Waals surface area contributed by atoms with Gasteiger partial charge in [0.1, 0.15) is 5.69 Å². The van der Waals surface area contributed by atoms with Gasteiger partial charge in [0.15, 0.2) is 5.96 Å². The molecule has 1 aromatic carbocycles. The Labute approximate surface area is 158 Å². The number of nitro benzene ring substituents is 1. The molecule has 0 aliphatic carbocycles. The first-order valence-corrected chi connectivity index (χ1v) is 9.16. The van der Waals surface area contributed by atoms with Crippen LogP contribution in [0.1, 0.15) is 19.8 Å². The second-order valence-electron chi connectivity index (χ2n) is 6.19. The molecule has 1 saturated heterocycles. The van der Waals surface area contributed by atoms with E-state index in [0.29, 0.717) is 25.4 Å². The zero-order valence-corrected chi connectivity index (χ0v) is 15.8. The smallest absolute Gasteiger partial charge is 0.309 e. The number of nitrogens with zero attached hydrogens (tertiary/aromatic N) is 3. The number of esters is 1. The molecular weight excluding hydrogens is 350 g/mol. The van der Waals surface area contributed by atoms with Gasteiger partial charge in [0.25, 0.3) is 5.69 Å². The standard InChI is InChI=1S/C18H27N5O4/c1-3-27-17(24)14-8-12-22(13-9-14)18(19-2)21-11-10-20-15-6-4-5-7-16(15)23(25)26/h4-7,14,20H,3,8-13H2,1-2H3,(H,19,21). The van der Waals surface area contributed by atoms with E-state index in [1.165, 1.54) is 6.07 Å². The van der Waals surface area contributed by atoms with E-state index in [1.54, 1.807) is 25.2 Å². The van der Waals surface area contributed by atoms with Crippen LogP contribution in [0.5, 0.6) is 0 Å². The minimum absolute atomic E-state index is 0.0420. The Morgan fingerprint density at radius 2 is 2.04 bits per heavy atom. The third kappa shape index (κ3) is 5.83. The van der Waals surface area contributed by atoms with E-state index < -0.39 is 4.92 Å². The molecule has 0 saturated carbocycles. The summed E-state index contributed by atoms with van der Waals surface area (Å²) in [5, 5.41) is 17.4. The van der Waals surface area contributed by atoms with Gasteiger partial charge in [-0.1, -0.05) is 12.1 Å². The predicted molar refractivity (Wildman–Crippen MR) is 104 cm³/mol. The molecule has 0 bridgehead atoms. The van der Waals surface area contributed by atoms with E-state index in [0.717, 1.165) is 31.9 Å². The van der Waals surface area contributed by atoms with Crippen molar-refractivity contribution < 1.29 is 14.5 Å². The molecule has 27 heavy (non-hydrogen) atoms. The molecule has 2 N–H and O–H groups in total. The number of likely N-dealkylation sites (tertiary alicyclic amines) is 1. The highest BCUT2D eigenvalue weighted by molar-refractivity contribution is 5.80. The summed E-state index contributed by atoms with van der Waals surface area (Å²) in [6.45, 7) is 4.78. The summed E-state index contributed by atoms with van der Waals surface area (Å²) >= 11 is 0. The molecular formula is C18H27N5O4. The largest absolute Gasteiger partial charge is 0.466 e. The highest BCUT2D eigenvalue weighted by atomic mass is 16.6. The summed E-state index contributed by atoms with van der Waals surface area (Å²) in [5.41, 5.74) is 0.553. The van der Waals surface area contributed by atoms with E-state index in [2.05, 4.69) is 20.5 Å². The number of rotatable bonds is 7. The maximum absolute atomic E-state index is 11.8. The van der Waals surface area contributed by atoms with Crippen LogP contribution in [0.15, 0.2) is 29.3 Å². The first kappa shape index (κ1) is 20.5. The van der Waals surface area contributed by atoms with Crippen LogP contribution in [0, 0.1) is 16.0 Å². The van der Waals surface area contributed by atoms with Gasteiger partial charge in [0.2, 0.25) is 0 Å². The van der Waals surface area contributed by atoms with Crippen LogP contribution < -0.4 is 10.6 Å². The van der Waals surface area contributed by atoms with Gasteiger partial charge < -0.3 is 20.3 Å². The van der Waals surface area contributed by atoms with Crippen LogP contribution in [0.3, 0.4) is 0 Å². The summed E-state index contributed by atoms with van der Waals surface area (Å²) in [6, 6.07) is 6.56. The maximum atomic E-state index is 11.8. The zero-order chi connectivity index (χ0) is 19.6. The number of nitrogens with one attached hydrogen (secondary N) is 2. The number of ether oxygens (including phenoxy) is 1. The molecule has 2 rings (SSSR count). The van der Waals surface area contributed by atoms with Crippen LogP contribution in [-0.2, 0) is 9.53 Å². The Balaban J connectivity index is 1.77. The SMILES string of the molecule is CCOC(=O)C1CCN(C(=NC)NCCNc2ccccc2[N+](=O)[O-])CC1. The molecule has 0 radical (unpaired) electrons. The fraction of sp³-hybridized carbons (Fsp3) is 0.556. The molecule has 0 amide bonds. The first-order valence-electron chi connectivity index (χ1n) is 9.16. The van der Waals surface area contributed by atoms with E-state index in [-0.39, 0.29) is 17.6 Å². The monoisotopic (exact) mass is 377 g/mol. The van der Waals surface area contributed by atoms with Crippen molar-refractivity contribution in [2.45, 2.75) is 19.8 Å². The number of para-hydroxylation sites is 2. The molecule has 0 spiro atoms. The third-order valence-electron chi connectivity index (χ3n) is 4.45. The van der Waals surface area contributed by atoms with Crippen LogP contribution in [0.25, 0.3) is 0 Å². The van der Waals surface area contributed by atoms with Gasteiger partial charge in [0, 0.05) is 39.3 Å². The number of carbonyl (C=O) groups is 1. The number of piperidine rings is 1. The third-order valence-corrected chi connectivity index (χ3v) is 4.45.